The molecule has 0 saturated heterocycles. The summed E-state index contributed by atoms with van der Waals surface area (Å²) in [6, 6.07) is 19.8. The SMILES string of the molecule is O=C(NCc1ccc(F)cc1)c1cc(-c2ccccc2Cl)nn1-c1ccc(Cl)c(Cl)c1. The van der Waals surface area contributed by atoms with Gasteiger partial charge >= 0.3 is 0 Å². The number of hydrogen-bond donors (Lipinski definition) is 1. The van der Waals surface area contributed by atoms with E-state index >= 15 is 0 Å². The van der Waals surface area contributed by atoms with Crippen molar-refractivity contribution < 1.29 is 9.18 Å². The molecule has 0 spiro atoms. The van der Waals surface area contributed by atoms with Crippen molar-refractivity contribution in [2.75, 3.05) is 0 Å². The maximum atomic E-state index is 13.1. The Balaban J connectivity index is 1.72. The Bertz CT molecular complexity index is 1260. The van der Waals surface area contributed by atoms with Crippen LogP contribution in [0.15, 0.2) is 72.8 Å². The maximum Gasteiger partial charge on any atom is 0.270 e. The molecule has 4 rings (SSSR count). The lowest BCUT2D eigenvalue weighted by Gasteiger charge is -2.09. The van der Waals surface area contributed by atoms with Crippen molar-refractivity contribution in [3.63, 3.8) is 0 Å². The van der Waals surface area contributed by atoms with Gasteiger partial charge in [0.15, 0.2) is 0 Å². The van der Waals surface area contributed by atoms with E-state index in [0.717, 1.165) is 5.56 Å². The highest BCUT2D eigenvalue weighted by Gasteiger charge is 2.19. The maximum absolute atomic E-state index is 13.1. The second-order valence-corrected chi connectivity index (χ2v) is 7.94. The Morgan fingerprint density at radius 1 is 0.903 bits per heavy atom. The van der Waals surface area contributed by atoms with E-state index in [1.165, 1.54) is 16.8 Å². The van der Waals surface area contributed by atoms with Gasteiger partial charge in [0.2, 0.25) is 0 Å². The molecular formula is C23H15Cl3FN3O. The van der Waals surface area contributed by atoms with E-state index in [1.54, 1.807) is 42.5 Å². The molecule has 31 heavy (non-hydrogen) atoms. The quantitative estimate of drug-likeness (QED) is 0.356. The number of hydrogen-bond acceptors (Lipinski definition) is 2. The highest BCUT2D eigenvalue weighted by molar-refractivity contribution is 6.42. The first-order valence-corrected chi connectivity index (χ1v) is 10.4. The third-order valence-corrected chi connectivity index (χ3v) is 5.67. The second-order valence-electron chi connectivity index (χ2n) is 6.71. The van der Waals surface area contributed by atoms with E-state index in [1.807, 2.05) is 18.2 Å². The number of benzene rings is 3. The van der Waals surface area contributed by atoms with Gasteiger partial charge in [-0.1, -0.05) is 65.1 Å². The number of amides is 1. The normalized spacial score (nSPS) is 10.8. The second kappa shape index (κ2) is 9.10. The molecule has 4 aromatic rings. The summed E-state index contributed by atoms with van der Waals surface area (Å²) >= 11 is 18.5. The first kappa shape index (κ1) is 21.4. The van der Waals surface area contributed by atoms with Gasteiger partial charge in [-0.25, -0.2) is 9.07 Å². The van der Waals surface area contributed by atoms with E-state index < -0.39 is 0 Å². The molecule has 1 N–H and O–H groups in total. The van der Waals surface area contributed by atoms with E-state index in [-0.39, 0.29) is 24.0 Å². The van der Waals surface area contributed by atoms with Crippen molar-refractivity contribution in [2.45, 2.75) is 6.54 Å². The molecule has 0 atom stereocenters. The number of nitrogens with zero attached hydrogens (tertiary/aromatic N) is 2. The summed E-state index contributed by atoms with van der Waals surface area (Å²) in [4.78, 5) is 13.0. The van der Waals surface area contributed by atoms with Gasteiger partial charge in [0.05, 0.1) is 26.4 Å². The monoisotopic (exact) mass is 473 g/mol. The van der Waals surface area contributed by atoms with Crippen LogP contribution in [0, 0.1) is 5.82 Å². The molecule has 0 aliphatic rings. The summed E-state index contributed by atoms with van der Waals surface area (Å²) < 4.78 is 14.6. The van der Waals surface area contributed by atoms with E-state index in [0.29, 0.717) is 32.0 Å². The van der Waals surface area contributed by atoms with E-state index in [4.69, 9.17) is 34.8 Å². The molecule has 0 aliphatic heterocycles. The molecule has 0 radical (unpaired) electrons. The zero-order valence-electron chi connectivity index (χ0n) is 15.9. The average molecular weight is 475 g/mol. The van der Waals surface area contributed by atoms with Gasteiger partial charge in [0, 0.05) is 12.1 Å². The summed E-state index contributed by atoms with van der Waals surface area (Å²) in [7, 11) is 0. The molecule has 156 valence electrons. The summed E-state index contributed by atoms with van der Waals surface area (Å²) in [6.45, 7) is 0.229. The highest BCUT2D eigenvalue weighted by Crippen LogP contribution is 2.30. The lowest BCUT2D eigenvalue weighted by molar-refractivity contribution is 0.0943. The van der Waals surface area contributed by atoms with E-state index in [2.05, 4.69) is 10.4 Å². The van der Waals surface area contributed by atoms with Gasteiger partial charge in [0.25, 0.3) is 5.91 Å². The fourth-order valence-corrected chi connectivity index (χ4v) is 3.56. The summed E-state index contributed by atoms with van der Waals surface area (Å²) in [5.41, 5.74) is 2.84. The smallest absolute Gasteiger partial charge is 0.270 e. The standard InChI is InChI=1S/C23H15Cl3FN3O/c24-18-4-2-1-3-17(18)21-12-22(23(31)28-13-14-5-7-15(27)8-6-14)30(29-21)16-9-10-19(25)20(26)11-16/h1-12H,13H2,(H,28,31). The Hall–Kier alpha value is -2.86. The number of carbonyl (C=O) groups excluding carboxylic acids is 1. The minimum Gasteiger partial charge on any atom is -0.347 e. The van der Waals surface area contributed by atoms with Crippen molar-refractivity contribution >= 4 is 40.7 Å². The number of rotatable bonds is 5. The Labute approximate surface area is 193 Å². The molecular weight excluding hydrogens is 460 g/mol. The molecule has 0 unspecified atom stereocenters. The molecule has 1 amide bonds. The Kier molecular flexibility index (Phi) is 6.28. The molecule has 1 aromatic heterocycles. The third-order valence-electron chi connectivity index (χ3n) is 4.61. The van der Waals surface area contributed by atoms with Crippen molar-refractivity contribution in [2.24, 2.45) is 0 Å². The predicted molar refractivity (Wildman–Crippen MR) is 122 cm³/mol. The van der Waals surface area contributed by atoms with Crippen LogP contribution in [-0.2, 0) is 6.54 Å². The molecule has 8 heteroatoms. The van der Waals surface area contributed by atoms with Crippen molar-refractivity contribution in [1.82, 2.24) is 15.1 Å². The fraction of sp³-hybridized carbons (Fsp3) is 0.0435. The topological polar surface area (TPSA) is 46.9 Å². The summed E-state index contributed by atoms with van der Waals surface area (Å²) in [5, 5.41) is 8.67. The zero-order chi connectivity index (χ0) is 22.0. The molecule has 4 nitrogen and oxygen atoms in total. The Morgan fingerprint density at radius 2 is 1.65 bits per heavy atom. The summed E-state index contributed by atoms with van der Waals surface area (Å²) in [5.74, 6) is -0.696. The van der Waals surface area contributed by atoms with Gasteiger partial charge < -0.3 is 5.32 Å². The largest absolute Gasteiger partial charge is 0.347 e. The molecule has 3 aromatic carbocycles. The van der Waals surface area contributed by atoms with Gasteiger partial charge in [-0.15, -0.1) is 0 Å². The molecule has 0 fully saturated rings. The van der Waals surface area contributed by atoms with Crippen LogP contribution < -0.4 is 5.32 Å². The van der Waals surface area contributed by atoms with Gasteiger partial charge in [-0.3, -0.25) is 4.79 Å². The van der Waals surface area contributed by atoms with Crippen molar-refractivity contribution in [3.05, 3.63) is 105 Å². The zero-order valence-corrected chi connectivity index (χ0v) is 18.2. The number of aromatic nitrogens is 2. The van der Waals surface area contributed by atoms with Gasteiger partial charge in [-0.05, 0) is 48.0 Å². The lowest BCUT2D eigenvalue weighted by Crippen LogP contribution is -2.25. The van der Waals surface area contributed by atoms with Crippen LogP contribution in [0.3, 0.4) is 0 Å². The van der Waals surface area contributed by atoms with Gasteiger partial charge in [-0.2, -0.15) is 5.10 Å². The average Bonchev–Trinajstić information content (AvgIpc) is 3.21. The van der Waals surface area contributed by atoms with E-state index in [9.17, 15) is 9.18 Å². The fourth-order valence-electron chi connectivity index (χ4n) is 3.03. The predicted octanol–water partition coefficient (Wildman–Crippen LogP) is 6.57. The molecule has 0 saturated carbocycles. The van der Waals surface area contributed by atoms with Crippen LogP contribution in [0.1, 0.15) is 16.1 Å². The number of nitrogens with one attached hydrogen (secondary N) is 1. The first-order valence-electron chi connectivity index (χ1n) is 9.25. The molecule has 0 bridgehead atoms. The minimum absolute atomic E-state index is 0.229. The lowest BCUT2D eigenvalue weighted by atomic mass is 10.1. The Morgan fingerprint density at radius 3 is 2.35 bits per heavy atom. The van der Waals surface area contributed by atoms with Crippen LogP contribution in [0.4, 0.5) is 4.39 Å². The van der Waals surface area contributed by atoms with Crippen LogP contribution in [-0.4, -0.2) is 15.7 Å². The third kappa shape index (κ3) is 4.74. The summed E-state index contributed by atoms with van der Waals surface area (Å²) in [6.07, 6.45) is 0. The molecule has 0 aliphatic carbocycles. The van der Waals surface area contributed by atoms with Crippen molar-refractivity contribution in [3.8, 4) is 16.9 Å². The van der Waals surface area contributed by atoms with Gasteiger partial charge in [0.1, 0.15) is 11.5 Å². The van der Waals surface area contributed by atoms with Crippen LogP contribution >= 0.6 is 34.8 Å². The highest BCUT2D eigenvalue weighted by atomic mass is 35.5. The van der Waals surface area contributed by atoms with Crippen LogP contribution in [0.25, 0.3) is 16.9 Å². The minimum atomic E-state index is -0.360. The van der Waals surface area contributed by atoms with Crippen LogP contribution in [0.2, 0.25) is 15.1 Å². The van der Waals surface area contributed by atoms with Crippen LogP contribution in [0.5, 0.6) is 0 Å². The number of carbonyl (C=O) groups is 1. The van der Waals surface area contributed by atoms with Crippen molar-refractivity contribution in [1.29, 1.82) is 0 Å². The molecule has 1 heterocycles. The first-order chi connectivity index (χ1) is 14.9. The number of halogens is 4.